The second-order valence-corrected chi connectivity index (χ2v) is 8.74. The molecule has 0 bridgehead atoms. The van der Waals surface area contributed by atoms with Gasteiger partial charge in [-0.05, 0) is 56.2 Å². The van der Waals surface area contributed by atoms with Crippen molar-refractivity contribution >= 4 is 28.4 Å². The zero-order chi connectivity index (χ0) is 22.8. The fourth-order valence-corrected chi connectivity index (χ4v) is 4.71. The highest BCUT2D eigenvalue weighted by atomic mass is 32.2. The minimum Gasteiger partial charge on any atom is -0.348 e. The van der Waals surface area contributed by atoms with Gasteiger partial charge in [0.1, 0.15) is 5.82 Å². The van der Waals surface area contributed by atoms with E-state index in [1.807, 2.05) is 32.0 Å². The number of rotatable bonds is 7. The number of aromatic nitrogens is 3. The molecule has 5 nitrogen and oxygen atoms in total. The van der Waals surface area contributed by atoms with E-state index in [4.69, 9.17) is 0 Å². The molecule has 2 heterocycles. The molecule has 4 rings (SSSR count). The van der Waals surface area contributed by atoms with Crippen LogP contribution in [0.5, 0.6) is 0 Å². The van der Waals surface area contributed by atoms with Crippen LogP contribution in [0.25, 0.3) is 10.9 Å². The smallest absolute Gasteiger partial charge is 0.261 e. The number of hydrogen-bond acceptors (Lipinski definition) is 4. The summed E-state index contributed by atoms with van der Waals surface area (Å²) < 4.78 is 16.7. The first-order chi connectivity index (χ1) is 15.3. The van der Waals surface area contributed by atoms with Crippen molar-refractivity contribution in [2.75, 3.05) is 5.75 Å². The van der Waals surface area contributed by atoms with E-state index in [1.54, 1.807) is 31.3 Å². The zero-order valence-corrected chi connectivity index (χ0v) is 19.1. The van der Waals surface area contributed by atoms with Crippen molar-refractivity contribution in [2.45, 2.75) is 32.0 Å². The summed E-state index contributed by atoms with van der Waals surface area (Å²) >= 11 is 1.27. The molecule has 2 aromatic heterocycles. The number of halogens is 1. The maximum Gasteiger partial charge on any atom is 0.261 e. The number of thioether (sulfide) groups is 1. The van der Waals surface area contributed by atoms with E-state index in [9.17, 15) is 14.0 Å². The molecule has 2 aromatic carbocycles. The number of carbonyl (C=O) groups is 1. The van der Waals surface area contributed by atoms with Gasteiger partial charge in [-0.1, -0.05) is 36.0 Å². The van der Waals surface area contributed by atoms with Crippen LogP contribution in [-0.4, -0.2) is 25.7 Å². The summed E-state index contributed by atoms with van der Waals surface area (Å²) in [6, 6.07) is 15.6. The third-order valence-electron chi connectivity index (χ3n) is 5.69. The molecule has 32 heavy (non-hydrogen) atoms. The molecule has 4 aromatic rings. The molecule has 0 aliphatic rings. The number of nitrogens with zero attached hydrogens (tertiary/aromatic N) is 3. The van der Waals surface area contributed by atoms with E-state index >= 15 is 0 Å². The summed E-state index contributed by atoms with van der Waals surface area (Å²) in [7, 11) is 1.68. The van der Waals surface area contributed by atoms with E-state index in [2.05, 4.69) is 9.55 Å². The molecule has 0 radical (unpaired) electrons. The van der Waals surface area contributed by atoms with Crippen molar-refractivity contribution in [2.24, 2.45) is 7.05 Å². The van der Waals surface area contributed by atoms with Crippen LogP contribution in [-0.2, 0) is 20.0 Å². The number of aryl methyl sites for hydroxylation is 2. The summed E-state index contributed by atoms with van der Waals surface area (Å²) in [5.74, 6) is -0.0506. The van der Waals surface area contributed by atoms with Crippen molar-refractivity contribution in [3.05, 3.63) is 93.3 Å². The summed E-state index contributed by atoms with van der Waals surface area (Å²) in [4.78, 5) is 30.1. The second-order valence-electron chi connectivity index (χ2n) is 7.80. The lowest BCUT2D eigenvalue weighted by Crippen LogP contribution is -2.20. The number of para-hydroxylation sites is 1. The van der Waals surface area contributed by atoms with Gasteiger partial charge in [-0.15, -0.1) is 0 Å². The van der Waals surface area contributed by atoms with E-state index in [1.165, 1.54) is 28.5 Å². The average Bonchev–Trinajstić information content (AvgIpc) is 3.08. The number of hydrogen-bond donors (Lipinski definition) is 0. The van der Waals surface area contributed by atoms with Crippen LogP contribution in [0.1, 0.15) is 27.3 Å². The highest BCUT2D eigenvalue weighted by Crippen LogP contribution is 2.22. The Kier molecular flexibility index (Phi) is 6.28. The Morgan fingerprint density at radius 3 is 2.56 bits per heavy atom. The van der Waals surface area contributed by atoms with E-state index in [0.717, 1.165) is 23.4 Å². The lowest BCUT2D eigenvalue weighted by Gasteiger charge is -2.10. The van der Waals surface area contributed by atoms with Gasteiger partial charge in [-0.2, -0.15) is 0 Å². The molecule has 0 saturated carbocycles. The number of fused-ring (bicyclic) bond motifs is 1. The van der Waals surface area contributed by atoms with Gasteiger partial charge in [-0.25, -0.2) is 9.37 Å². The SMILES string of the molecule is Cc1cc(C(=O)CSc2nc3ccccc3c(=O)n2C)c(C)n1CCc1ccc(F)cc1. The molecule has 0 spiro atoms. The minimum atomic E-state index is -0.245. The van der Waals surface area contributed by atoms with Crippen LogP contribution in [0.2, 0.25) is 0 Å². The summed E-state index contributed by atoms with van der Waals surface area (Å²) in [5.41, 5.74) is 4.16. The Hall–Kier alpha value is -3.19. The summed E-state index contributed by atoms with van der Waals surface area (Å²) in [5, 5.41) is 1.09. The molecule has 0 aliphatic carbocycles. The Morgan fingerprint density at radius 1 is 1.09 bits per heavy atom. The zero-order valence-electron chi connectivity index (χ0n) is 18.3. The van der Waals surface area contributed by atoms with Gasteiger partial charge in [0.15, 0.2) is 10.9 Å². The highest BCUT2D eigenvalue weighted by molar-refractivity contribution is 7.99. The Morgan fingerprint density at radius 2 is 1.81 bits per heavy atom. The minimum absolute atomic E-state index is 0.00135. The molecule has 0 N–H and O–H groups in total. The molecule has 7 heteroatoms. The topological polar surface area (TPSA) is 56.9 Å². The van der Waals surface area contributed by atoms with Gasteiger partial charge >= 0.3 is 0 Å². The summed E-state index contributed by atoms with van der Waals surface area (Å²) in [6.07, 6.45) is 0.752. The predicted molar refractivity (Wildman–Crippen MR) is 126 cm³/mol. The van der Waals surface area contributed by atoms with Crippen molar-refractivity contribution in [3.63, 3.8) is 0 Å². The number of Topliss-reactive ketones (excluding diaryl/α,β-unsaturated/α-hetero) is 1. The average molecular weight is 450 g/mol. The number of ketones is 1. The maximum atomic E-state index is 13.1. The first-order valence-corrected chi connectivity index (χ1v) is 11.4. The van der Waals surface area contributed by atoms with Gasteiger partial charge < -0.3 is 4.57 Å². The van der Waals surface area contributed by atoms with Gasteiger partial charge in [0.2, 0.25) is 0 Å². The summed E-state index contributed by atoms with van der Waals surface area (Å²) in [6.45, 7) is 4.64. The molecule has 0 fully saturated rings. The van der Waals surface area contributed by atoms with Gasteiger partial charge in [0.05, 0.1) is 16.7 Å². The lowest BCUT2D eigenvalue weighted by molar-refractivity contribution is 0.102. The molecule has 0 unspecified atom stereocenters. The fourth-order valence-electron chi connectivity index (χ4n) is 3.85. The Bertz CT molecular complexity index is 1360. The number of carbonyl (C=O) groups excluding carboxylic acids is 1. The van der Waals surface area contributed by atoms with Crippen molar-refractivity contribution in [1.82, 2.24) is 14.1 Å². The third kappa shape index (κ3) is 4.39. The van der Waals surface area contributed by atoms with E-state index in [-0.39, 0.29) is 22.9 Å². The predicted octanol–water partition coefficient (Wildman–Crippen LogP) is 4.71. The van der Waals surface area contributed by atoms with Crippen LogP contribution in [0.15, 0.2) is 64.5 Å². The number of benzene rings is 2. The Labute approximate surface area is 189 Å². The molecule has 0 atom stereocenters. The first-order valence-electron chi connectivity index (χ1n) is 10.4. The second kappa shape index (κ2) is 9.12. The molecular weight excluding hydrogens is 425 g/mol. The van der Waals surface area contributed by atoms with Gasteiger partial charge in [-0.3, -0.25) is 14.2 Å². The molecule has 0 aliphatic heterocycles. The van der Waals surface area contributed by atoms with Crippen LogP contribution >= 0.6 is 11.8 Å². The highest BCUT2D eigenvalue weighted by Gasteiger charge is 2.17. The van der Waals surface area contributed by atoms with Crippen molar-refractivity contribution in [1.29, 1.82) is 0 Å². The van der Waals surface area contributed by atoms with Crippen LogP contribution < -0.4 is 5.56 Å². The van der Waals surface area contributed by atoms with Crippen LogP contribution in [0.4, 0.5) is 4.39 Å². The molecule has 0 amide bonds. The largest absolute Gasteiger partial charge is 0.348 e. The van der Waals surface area contributed by atoms with Crippen molar-refractivity contribution in [3.8, 4) is 0 Å². The normalized spacial score (nSPS) is 11.2. The Balaban J connectivity index is 1.49. The standard InChI is InChI=1S/C25H24FN3O2S/c1-16-14-21(17(2)29(16)13-12-18-8-10-19(26)11-9-18)23(30)15-32-25-27-22-7-5-4-6-20(22)24(31)28(25)3/h4-11,14H,12-13,15H2,1-3H3. The molecular formula is C25H24FN3O2S. The van der Waals surface area contributed by atoms with E-state index in [0.29, 0.717) is 28.2 Å². The van der Waals surface area contributed by atoms with Gasteiger partial charge in [0, 0.05) is 30.5 Å². The molecule has 0 saturated heterocycles. The quantitative estimate of drug-likeness (QED) is 0.233. The van der Waals surface area contributed by atoms with Crippen molar-refractivity contribution < 1.29 is 9.18 Å². The fraction of sp³-hybridized carbons (Fsp3) is 0.240. The third-order valence-corrected chi connectivity index (χ3v) is 6.72. The maximum absolute atomic E-state index is 13.1. The van der Waals surface area contributed by atoms with E-state index < -0.39 is 0 Å². The van der Waals surface area contributed by atoms with Crippen LogP contribution in [0, 0.1) is 19.7 Å². The molecule has 164 valence electrons. The first kappa shape index (κ1) is 22.0. The van der Waals surface area contributed by atoms with Gasteiger partial charge in [0.25, 0.3) is 5.56 Å². The monoisotopic (exact) mass is 449 g/mol. The van der Waals surface area contributed by atoms with Crippen LogP contribution in [0.3, 0.4) is 0 Å². The lowest BCUT2D eigenvalue weighted by atomic mass is 10.1.